The third kappa shape index (κ3) is 3.52. The Hall–Kier alpha value is -2.73. The fraction of sp³-hybridized carbons (Fsp3) is 0.238. The highest BCUT2D eigenvalue weighted by Crippen LogP contribution is 2.29. The number of amides is 1. The van der Waals surface area contributed by atoms with E-state index in [1.54, 1.807) is 29.3 Å². The second kappa shape index (κ2) is 7.36. The lowest BCUT2D eigenvalue weighted by atomic mass is 10.0. The van der Waals surface area contributed by atoms with Crippen LogP contribution in [0.5, 0.6) is 0 Å². The number of aromatic nitrogens is 2. The van der Waals surface area contributed by atoms with Gasteiger partial charge in [-0.05, 0) is 42.3 Å². The number of benzene rings is 2. The molecule has 1 aromatic heterocycles. The third-order valence-corrected chi connectivity index (χ3v) is 5.34. The van der Waals surface area contributed by atoms with Crippen LogP contribution < -0.4 is 0 Å². The van der Waals surface area contributed by atoms with Crippen LogP contribution in [0.2, 0.25) is 5.02 Å². The maximum Gasteiger partial charge on any atom is 0.227 e. The Morgan fingerprint density at radius 3 is 2.68 bits per heavy atom. The van der Waals surface area contributed by atoms with Crippen molar-refractivity contribution in [3.63, 3.8) is 0 Å². The van der Waals surface area contributed by atoms with Gasteiger partial charge in [-0.2, -0.15) is 5.10 Å². The van der Waals surface area contributed by atoms with Gasteiger partial charge in [-0.3, -0.25) is 9.48 Å². The van der Waals surface area contributed by atoms with Crippen LogP contribution in [-0.4, -0.2) is 26.6 Å². The lowest BCUT2D eigenvalue weighted by molar-refractivity contribution is -0.134. The second-order valence-electron chi connectivity index (χ2n) is 6.99. The standard InChI is InChI=1S/C21H18ClF2N3O/c1-13-11-27-20(17(10-25-27)15-3-5-16(23)6-4-15)12-26(13)21(28)9-14-2-7-19(24)18(22)8-14/h2-8,10,13H,9,11-12H2,1H3. The van der Waals surface area contributed by atoms with E-state index in [9.17, 15) is 13.6 Å². The highest BCUT2D eigenvalue weighted by molar-refractivity contribution is 6.30. The van der Waals surface area contributed by atoms with E-state index in [0.29, 0.717) is 18.7 Å². The van der Waals surface area contributed by atoms with Gasteiger partial charge in [-0.1, -0.05) is 29.8 Å². The number of rotatable bonds is 3. The summed E-state index contributed by atoms with van der Waals surface area (Å²) in [6.45, 7) is 2.95. The van der Waals surface area contributed by atoms with Gasteiger partial charge in [0.15, 0.2) is 0 Å². The molecule has 4 nitrogen and oxygen atoms in total. The molecule has 0 saturated heterocycles. The molecule has 3 aromatic rings. The summed E-state index contributed by atoms with van der Waals surface area (Å²) in [6, 6.07) is 10.5. The van der Waals surface area contributed by atoms with Crippen molar-refractivity contribution in [3.8, 4) is 11.1 Å². The van der Waals surface area contributed by atoms with Crippen molar-refractivity contribution in [1.29, 1.82) is 0 Å². The predicted octanol–water partition coefficient (Wildman–Crippen LogP) is 4.46. The molecule has 0 bridgehead atoms. The molecule has 2 heterocycles. The van der Waals surface area contributed by atoms with Gasteiger partial charge < -0.3 is 4.90 Å². The summed E-state index contributed by atoms with van der Waals surface area (Å²) in [7, 11) is 0. The first-order chi connectivity index (χ1) is 13.4. The quantitative estimate of drug-likeness (QED) is 0.650. The molecule has 0 saturated carbocycles. The molecule has 144 valence electrons. The maximum absolute atomic E-state index is 13.4. The summed E-state index contributed by atoms with van der Waals surface area (Å²) in [4.78, 5) is 14.7. The van der Waals surface area contributed by atoms with Gasteiger partial charge in [-0.15, -0.1) is 0 Å². The van der Waals surface area contributed by atoms with Crippen LogP contribution in [0, 0.1) is 11.6 Å². The molecule has 0 fully saturated rings. The van der Waals surface area contributed by atoms with Gasteiger partial charge >= 0.3 is 0 Å². The van der Waals surface area contributed by atoms with Gasteiger partial charge in [-0.25, -0.2) is 8.78 Å². The normalized spacial score (nSPS) is 16.1. The maximum atomic E-state index is 13.4. The average molecular weight is 402 g/mol. The average Bonchev–Trinajstić information content (AvgIpc) is 3.07. The molecule has 7 heteroatoms. The lowest BCUT2D eigenvalue weighted by Crippen LogP contribution is -2.45. The van der Waals surface area contributed by atoms with Crippen LogP contribution in [-0.2, 0) is 24.3 Å². The van der Waals surface area contributed by atoms with E-state index >= 15 is 0 Å². The molecule has 1 aliphatic rings. The highest BCUT2D eigenvalue weighted by atomic mass is 35.5. The first-order valence-electron chi connectivity index (χ1n) is 8.96. The number of hydrogen-bond acceptors (Lipinski definition) is 2. The van der Waals surface area contributed by atoms with E-state index in [-0.39, 0.29) is 29.2 Å². The minimum absolute atomic E-state index is 0.00802. The molecule has 0 N–H and O–H groups in total. The molecule has 1 aliphatic heterocycles. The van der Waals surface area contributed by atoms with Crippen molar-refractivity contribution >= 4 is 17.5 Å². The predicted molar refractivity (Wildman–Crippen MR) is 103 cm³/mol. The number of carbonyl (C=O) groups excluding carboxylic acids is 1. The fourth-order valence-electron chi connectivity index (χ4n) is 3.53. The van der Waals surface area contributed by atoms with Crippen molar-refractivity contribution < 1.29 is 13.6 Å². The third-order valence-electron chi connectivity index (χ3n) is 5.05. The van der Waals surface area contributed by atoms with Crippen molar-refractivity contribution in [3.05, 3.63) is 76.6 Å². The van der Waals surface area contributed by atoms with Crippen molar-refractivity contribution in [2.45, 2.75) is 32.5 Å². The van der Waals surface area contributed by atoms with E-state index < -0.39 is 5.82 Å². The van der Waals surface area contributed by atoms with Crippen molar-refractivity contribution in [2.24, 2.45) is 0 Å². The molecular weight excluding hydrogens is 384 g/mol. The van der Waals surface area contributed by atoms with Gasteiger partial charge in [0.25, 0.3) is 0 Å². The van der Waals surface area contributed by atoms with E-state index in [1.807, 2.05) is 11.6 Å². The summed E-state index contributed by atoms with van der Waals surface area (Å²) in [5.41, 5.74) is 3.32. The molecule has 0 aliphatic carbocycles. The van der Waals surface area contributed by atoms with Crippen LogP contribution in [0.15, 0.2) is 48.7 Å². The Balaban J connectivity index is 1.58. The summed E-state index contributed by atoms with van der Waals surface area (Å²) in [5, 5.41) is 4.44. The lowest BCUT2D eigenvalue weighted by Gasteiger charge is -2.34. The highest BCUT2D eigenvalue weighted by Gasteiger charge is 2.29. The molecule has 0 radical (unpaired) electrons. The van der Waals surface area contributed by atoms with Crippen LogP contribution in [0.3, 0.4) is 0 Å². The summed E-state index contributed by atoms with van der Waals surface area (Å²) in [5.74, 6) is -0.863. The van der Waals surface area contributed by atoms with Gasteiger partial charge in [0.1, 0.15) is 11.6 Å². The van der Waals surface area contributed by atoms with Gasteiger partial charge in [0.05, 0.1) is 36.4 Å². The smallest absolute Gasteiger partial charge is 0.227 e. The van der Waals surface area contributed by atoms with Crippen molar-refractivity contribution in [2.75, 3.05) is 0 Å². The molecule has 4 rings (SSSR count). The monoisotopic (exact) mass is 401 g/mol. The molecule has 28 heavy (non-hydrogen) atoms. The zero-order valence-electron chi connectivity index (χ0n) is 15.2. The van der Waals surface area contributed by atoms with Gasteiger partial charge in [0, 0.05) is 11.6 Å². The zero-order valence-corrected chi connectivity index (χ0v) is 16.0. The Morgan fingerprint density at radius 1 is 1.21 bits per heavy atom. The largest absolute Gasteiger partial charge is 0.332 e. The summed E-state index contributed by atoms with van der Waals surface area (Å²) >= 11 is 5.83. The first-order valence-corrected chi connectivity index (χ1v) is 9.34. The molecule has 1 unspecified atom stereocenters. The zero-order chi connectivity index (χ0) is 19.8. The van der Waals surface area contributed by atoms with Crippen molar-refractivity contribution in [1.82, 2.24) is 14.7 Å². The number of hydrogen-bond donors (Lipinski definition) is 0. The van der Waals surface area contributed by atoms with Crippen LogP contribution in [0.25, 0.3) is 11.1 Å². The second-order valence-corrected chi connectivity index (χ2v) is 7.40. The molecule has 1 amide bonds. The van der Waals surface area contributed by atoms with E-state index in [1.165, 1.54) is 24.3 Å². The SMILES string of the molecule is CC1Cn2ncc(-c3ccc(F)cc3)c2CN1C(=O)Cc1ccc(F)c(Cl)c1. The summed E-state index contributed by atoms with van der Waals surface area (Å²) in [6.07, 6.45) is 1.90. The molecular formula is C21H18ClF2N3O. The minimum atomic E-state index is -0.503. The van der Waals surface area contributed by atoms with Crippen LogP contribution >= 0.6 is 11.6 Å². The number of nitrogens with zero attached hydrogens (tertiary/aromatic N) is 3. The van der Waals surface area contributed by atoms with E-state index in [0.717, 1.165) is 16.8 Å². The Bertz CT molecular complexity index is 1030. The minimum Gasteiger partial charge on any atom is -0.332 e. The Labute approximate surface area is 166 Å². The Kier molecular flexibility index (Phi) is 4.89. The summed E-state index contributed by atoms with van der Waals surface area (Å²) < 4.78 is 28.5. The topological polar surface area (TPSA) is 38.1 Å². The van der Waals surface area contributed by atoms with Gasteiger partial charge in [0.2, 0.25) is 5.91 Å². The number of carbonyl (C=O) groups is 1. The number of fused-ring (bicyclic) bond motifs is 1. The molecule has 0 spiro atoms. The van der Waals surface area contributed by atoms with Crippen LogP contribution in [0.4, 0.5) is 8.78 Å². The number of halogens is 3. The fourth-order valence-corrected chi connectivity index (χ4v) is 3.73. The first kappa shape index (κ1) is 18.6. The molecule has 2 aromatic carbocycles. The van der Waals surface area contributed by atoms with Crippen LogP contribution in [0.1, 0.15) is 18.2 Å². The van der Waals surface area contributed by atoms with E-state index in [2.05, 4.69) is 5.10 Å². The molecule has 1 atom stereocenters. The Morgan fingerprint density at radius 2 is 1.96 bits per heavy atom. The van der Waals surface area contributed by atoms with E-state index in [4.69, 9.17) is 11.6 Å².